The van der Waals surface area contributed by atoms with Gasteiger partial charge in [0.15, 0.2) is 0 Å². The van der Waals surface area contributed by atoms with Gasteiger partial charge in [-0.05, 0) is 30.7 Å². The lowest BCUT2D eigenvalue weighted by atomic mass is 10.1. The van der Waals surface area contributed by atoms with Gasteiger partial charge in [-0.2, -0.15) is 0 Å². The van der Waals surface area contributed by atoms with Gasteiger partial charge in [0.25, 0.3) is 0 Å². The predicted molar refractivity (Wildman–Crippen MR) is 60.9 cm³/mol. The van der Waals surface area contributed by atoms with Crippen LogP contribution in [0.3, 0.4) is 0 Å². The van der Waals surface area contributed by atoms with Crippen LogP contribution in [0.2, 0.25) is 0 Å². The fourth-order valence-electron chi connectivity index (χ4n) is 1.20. The van der Waals surface area contributed by atoms with Gasteiger partial charge in [-0.3, -0.25) is 9.78 Å². The maximum absolute atomic E-state index is 10.4. The van der Waals surface area contributed by atoms with E-state index in [1.54, 1.807) is 12.5 Å². The second-order valence-corrected chi connectivity index (χ2v) is 3.23. The summed E-state index contributed by atoms with van der Waals surface area (Å²) in [7, 11) is 0. The summed E-state index contributed by atoms with van der Waals surface area (Å²) in [6.07, 6.45) is 5.67. The van der Waals surface area contributed by atoms with Crippen molar-refractivity contribution < 1.29 is 14.6 Å². The summed E-state index contributed by atoms with van der Waals surface area (Å²) in [6, 6.07) is 3.71. The van der Waals surface area contributed by atoms with Crippen LogP contribution >= 0.6 is 0 Å². The number of carboxylic acid groups (broad SMARTS) is 1. The minimum atomic E-state index is -0.808. The number of aliphatic carboxylic acids is 1. The molecule has 86 valence electrons. The van der Waals surface area contributed by atoms with E-state index >= 15 is 0 Å². The van der Waals surface area contributed by atoms with E-state index in [9.17, 15) is 4.79 Å². The van der Waals surface area contributed by atoms with Gasteiger partial charge in [-0.25, -0.2) is 0 Å². The molecule has 0 aliphatic heterocycles. The van der Waals surface area contributed by atoms with Crippen LogP contribution in [-0.2, 0) is 16.0 Å². The predicted octanol–water partition coefficient (Wildman–Crippen LogP) is 2.11. The first-order valence-electron chi connectivity index (χ1n) is 5.17. The monoisotopic (exact) mass is 221 g/mol. The molecule has 4 nitrogen and oxygen atoms in total. The molecule has 1 N–H and O–H groups in total. The third kappa shape index (κ3) is 4.59. The number of pyridine rings is 1. The second kappa shape index (κ2) is 6.61. The maximum Gasteiger partial charge on any atom is 0.303 e. The molecule has 1 heterocycles. The molecular formula is C12H15NO3. The number of nitrogens with zero attached hydrogens (tertiary/aromatic N) is 1. The van der Waals surface area contributed by atoms with Crippen molar-refractivity contribution in [3.05, 3.63) is 35.8 Å². The lowest BCUT2D eigenvalue weighted by Crippen LogP contribution is -1.99. The van der Waals surface area contributed by atoms with Gasteiger partial charge >= 0.3 is 5.97 Å². The van der Waals surface area contributed by atoms with Crippen molar-refractivity contribution in [1.29, 1.82) is 0 Å². The molecule has 0 fully saturated rings. The zero-order valence-electron chi connectivity index (χ0n) is 9.22. The Kier molecular flexibility index (Phi) is 5.05. The number of aryl methyl sites for hydroxylation is 1. The Balaban J connectivity index is 2.60. The Morgan fingerprint density at radius 1 is 1.62 bits per heavy atom. The smallest absolute Gasteiger partial charge is 0.303 e. The second-order valence-electron chi connectivity index (χ2n) is 3.23. The molecule has 0 unspecified atom stereocenters. The highest BCUT2D eigenvalue weighted by molar-refractivity contribution is 5.67. The van der Waals surface area contributed by atoms with E-state index in [2.05, 4.69) is 4.98 Å². The highest BCUT2D eigenvalue weighted by Crippen LogP contribution is 2.06. The van der Waals surface area contributed by atoms with Crippen molar-refractivity contribution in [2.45, 2.75) is 19.8 Å². The Morgan fingerprint density at radius 3 is 3.12 bits per heavy atom. The summed E-state index contributed by atoms with van der Waals surface area (Å²) in [6.45, 7) is 2.54. The quantitative estimate of drug-likeness (QED) is 0.747. The fraction of sp³-hybridized carbons (Fsp3) is 0.333. The molecule has 0 atom stereocenters. The summed E-state index contributed by atoms with van der Waals surface area (Å²) in [5, 5.41) is 8.56. The molecule has 0 radical (unpaired) electrons. The topological polar surface area (TPSA) is 59.4 Å². The Morgan fingerprint density at radius 2 is 2.44 bits per heavy atom. The van der Waals surface area contributed by atoms with E-state index in [1.165, 1.54) is 0 Å². The van der Waals surface area contributed by atoms with Gasteiger partial charge in [0.2, 0.25) is 0 Å². The average molecular weight is 221 g/mol. The highest BCUT2D eigenvalue weighted by Gasteiger charge is 2.00. The van der Waals surface area contributed by atoms with Crippen LogP contribution in [0.15, 0.2) is 24.6 Å². The van der Waals surface area contributed by atoms with Gasteiger partial charge < -0.3 is 9.84 Å². The van der Waals surface area contributed by atoms with Crippen LogP contribution in [-0.4, -0.2) is 22.7 Å². The summed E-state index contributed by atoms with van der Waals surface area (Å²) >= 11 is 0. The molecule has 1 aromatic heterocycles. The van der Waals surface area contributed by atoms with E-state index in [0.29, 0.717) is 13.0 Å². The number of rotatable bonds is 6. The molecule has 0 aromatic carbocycles. The Bertz CT molecular complexity index is 374. The van der Waals surface area contributed by atoms with E-state index < -0.39 is 5.97 Å². The largest absolute Gasteiger partial charge is 0.501 e. The number of hydrogen-bond donors (Lipinski definition) is 1. The van der Waals surface area contributed by atoms with Crippen LogP contribution < -0.4 is 0 Å². The molecule has 0 amide bonds. The lowest BCUT2D eigenvalue weighted by Gasteiger charge is -1.99. The molecule has 0 bridgehead atoms. The third-order valence-electron chi connectivity index (χ3n) is 1.96. The molecule has 0 aliphatic carbocycles. The van der Waals surface area contributed by atoms with E-state index in [-0.39, 0.29) is 6.42 Å². The fourth-order valence-corrected chi connectivity index (χ4v) is 1.20. The first-order valence-corrected chi connectivity index (χ1v) is 5.17. The zero-order valence-corrected chi connectivity index (χ0v) is 9.22. The number of hydrogen-bond acceptors (Lipinski definition) is 3. The van der Waals surface area contributed by atoms with Crippen molar-refractivity contribution in [3.8, 4) is 0 Å². The molecule has 0 saturated heterocycles. The molecule has 0 spiro atoms. The summed E-state index contributed by atoms with van der Waals surface area (Å²) in [5.41, 5.74) is 1.74. The van der Waals surface area contributed by atoms with Crippen molar-refractivity contribution in [2.24, 2.45) is 0 Å². The van der Waals surface area contributed by atoms with Crippen LogP contribution in [0.25, 0.3) is 6.08 Å². The van der Waals surface area contributed by atoms with Gasteiger partial charge in [0.1, 0.15) is 0 Å². The van der Waals surface area contributed by atoms with Gasteiger partial charge in [0.05, 0.1) is 19.3 Å². The first-order chi connectivity index (χ1) is 7.72. The van der Waals surface area contributed by atoms with Crippen LogP contribution in [0.1, 0.15) is 24.6 Å². The van der Waals surface area contributed by atoms with E-state index in [4.69, 9.17) is 9.84 Å². The van der Waals surface area contributed by atoms with E-state index in [1.807, 2.05) is 25.1 Å². The maximum atomic E-state index is 10.4. The number of carboxylic acids is 1. The van der Waals surface area contributed by atoms with Gasteiger partial charge in [-0.1, -0.05) is 0 Å². The molecule has 1 aromatic rings. The standard InChI is InChI=1S/C12H15NO3/c1-2-16-8-6-10-5-7-13-11(9-10)3-4-12(14)15/h5-9H,2-4H2,1H3,(H,14,15)/b8-6+. The first kappa shape index (κ1) is 12.2. The van der Waals surface area contributed by atoms with Crippen molar-refractivity contribution in [3.63, 3.8) is 0 Å². The highest BCUT2D eigenvalue weighted by atomic mass is 16.5. The van der Waals surface area contributed by atoms with Crippen molar-refractivity contribution >= 4 is 12.0 Å². The molecule has 0 saturated carbocycles. The zero-order chi connectivity index (χ0) is 11.8. The molecule has 16 heavy (non-hydrogen) atoms. The van der Waals surface area contributed by atoms with Gasteiger partial charge in [0, 0.05) is 18.3 Å². The van der Waals surface area contributed by atoms with E-state index in [0.717, 1.165) is 11.3 Å². The number of aromatic nitrogens is 1. The SMILES string of the molecule is CCO/C=C/c1ccnc(CCC(=O)O)c1. The van der Waals surface area contributed by atoms with Crippen molar-refractivity contribution in [1.82, 2.24) is 4.98 Å². The number of carbonyl (C=O) groups is 1. The summed E-state index contributed by atoms with van der Waals surface area (Å²) in [5.74, 6) is -0.808. The minimum absolute atomic E-state index is 0.103. The van der Waals surface area contributed by atoms with Crippen LogP contribution in [0.4, 0.5) is 0 Å². The third-order valence-corrected chi connectivity index (χ3v) is 1.96. The molecular weight excluding hydrogens is 206 g/mol. The van der Waals surface area contributed by atoms with Gasteiger partial charge in [-0.15, -0.1) is 0 Å². The van der Waals surface area contributed by atoms with Crippen LogP contribution in [0, 0.1) is 0 Å². The molecule has 4 heteroatoms. The lowest BCUT2D eigenvalue weighted by molar-refractivity contribution is -0.136. The molecule has 0 aliphatic rings. The number of ether oxygens (including phenoxy) is 1. The Labute approximate surface area is 94.6 Å². The summed E-state index contributed by atoms with van der Waals surface area (Å²) in [4.78, 5) is 14.5. The Hall–Kier alpha value is -1.84. The van der Waals surface area contributed by atoms with Crippen molar-refractivity contribution in [2.75, 3.05) is 6.61 Å². The average Bonchev–Trinajstić information content (AvgIpc) is 2.27. The van der Waals surface area contributed by atoms with Crippen LogP contribution in [0.5, 0.6) is 0 Å². The molecule has 1 rings (SSSR count). The summed E-state index contributed by atoms with van der Waals surface area (Å²) < 4.78 is 5.08. The normalized spacial score (nSPS) is 10.6. The minimum Gasteiger partial charge on any atom is -0.501 e.